The molecule has 20 heavy (non-hydrogen) atoms. The van der Waals surface area contributed by atoms with Crippen molar-refractivity contribution in [2.24, 2.45) is 0 Å². The summed E-state index contributed by atoms with van der Waals surface area (Å²) in [4.78, 5) is 11.2. The molecule has 2 rings (SSSR count). The number of sulfonamides is 1. The molecule has 0 atom stereocenters. The highest BCUT2D eigenvalue weighted by atomic mass is 32.2. The Hall–Kier alpha value is -2.34. The molecule has 0 fully saturated rings. The lowest BCUT2D eigenvalue weighted by atomic mass is 10.2. The van der Waals surface area contributed by atoms with Gasteiger partial charge in [-0.2, -0.15) is 0 Å². The number of rotatable bonds is 4. The molecule has 0 aliphatic carbocycles. The van der Waals surface area contributed by atoms with Crippen LogP contribution in [-0.4, -0.2) is 21.4 Å². The van der Waals surface area contributed by atoms with Crippen molar-refractivity contribution in [3.8, 4) is 0 Å². The number of anilines is 1. The second-order valence-corrected chi connectivity index (χ2v) is 6.06. The third-order valence-electron chi connectivity index (χ3n) is 2.86. The van der Waals surface area contributed by atoms with Crippen LogP contribution in [0.15, 0.2) is 59.5 Å². The summed E-state index contributed by atoms with van der Waals surface area (Å²) >= 11 is 0. The maximum atomic E-state index is 12.4. The number of benzene rings is 2. The van der Waals surface area contributed by atoms with Gasteiger partial charge >= 0.3 is 0 Å². The van der Waals surface area contributed by atoms with Gasteiger partial charge in [-0.1, -0.05) is 36.4 Å². The molecule has 2 aromatic rings. The molecule has 0 aliphatic heterocycles. The fourth-order valence-corrected chi connectivity index (χ4v) is 3.04. The van der Waals surface area contributed by atoms with E-state index in [0.29, 0.717) is 0 Å². The van der Waals surface area contributed by atoms with E-state index in [1.807, 2.05) is 0 Å². The zero-order chi connectivity index (χ0) is 14.8. The molecule has 0 saturated heterocycles. The Kier molecular flexibility index (Phi) is 3.76. The number of nitrogens with zero attached hydrogens (tertiary/aromatic N) is 1. The van der Waals surface area contributed by atoms with Gasteiger partial charge in [0.2, 0.25) is 0 Å². The van der Waals surface area contributed by atoms with Crippen LogP contribution in [-0.2, 0) is 10.0 Å². The molecule has 0 heterocycles. The molecule has 6 heteroatoms. The van der Waals surface area contributed by atoms with Crippen LogP contribution in [0.4, 0.5) is 5.69 Å². The van der Waals surface area contributed by atoms with Crippen LogP contribution in [0, 0.1) is 0 Å². The summed E-state index contributed by atoms with van der Waals surface area (Å²) in [7, 11) is -2.50. The third-order valence-corrected chi connectivity index (χ3v) is 4.65. The van der Waals surface area contributed by atoms with Gasteiger partial charge in [-0.15, -0.1) is 0 Å². The third kappa shape index (κ3) is 2.50. The topological polar surface area (TPSA) is 77.5 Å². The average molecular weight is 290 g/mol. The van der Waals surface area contributed by atoms with Crippen molar-refractivity contribution >= 4 is 21.7 Å². The summed E-state index contributed by atoms with van der Waals surface area (Å²) < 4.78 is 25.8. The standard InChI is InChI=1S/C14H13NO4S/c1-15(13-10-6-5-9-12(13)14(16)17)20(18,19)11-7-3-2-4-8-11/h2-10H,1H3,(H,16,17)/p-1. The summed E-state index contributed by atoms with van der Waals surface area (Å²) in [6.45, 7) is 0. The zero-order valence-electron chi connectivity index (χ0n) is 10.7. The number of aromatic carboxylic acids is 1. The SMILES string of the molecule is CN(c1ccccc1C(=O)[O-])S(=O)(=O)c1ccccc1. The normalized spacial score (nSPS) is 11.1. The van der Waals surface area contributed by atoms with Crippen LogP contribution in [0.3, 0.4) is 0 Å². The number of hydrogen-bond donors (Lipinski definition) is 0. The first kappa shape index (κ1) is 14.1. The van der Waals surface area contributed by atoms with Crippen LogP contribution in [0.1, 0.15) is 10.4 Å². The van der Waals surface area contributed by atoms with E-state index >= 15 is 0 Å². The lowest BCUT2D eigenvalue weighted by Gasteiger charge is -2.22. The first-order valence-corrected chi connectivity index (χ1v) is 7.23. The largest absolute Gasteiger partial charge is 0.545 e. The van der Waals surface area contributed by atoms with Crippen molar-refractivity contribution in [1.82, 2.24) is 0 Å². The molecule has 104 valence electrons. The number of carboxylic acids is 1. The maximum absolute atomic E-state index is 12.4. The number of carbonyl (C=O) groups is 1. The Morgan fingerprint density at radius 2 is 1.55 bits per heavy atom. The molecule has 0 bridgehead atoms. The molecule has 0 unspecified atom stereocenters. The van der Waals surface area contributed by atoms with Gasteiger partial charge in [0.1, 0.15) is 0 Å². The summed E-state index contributed by atoms with van der Waals surface area (Å²) in [5, 5.41) is 11.1. The highest BCUT2D eigenvalue weighted by Crippen LogP contribution is 2.24. The van der Waals surface area contributed by atoms with Crippen LogP contribution < -0.4 is 9.41 Å². The van der Waals surface area contributed by atoms with Crippen molar-refractivity contribution in [3.05, 3.63) is 60.2 Å². The minimum absolute atomic E-state index is 0.0661. The molecule has 0 saturated carbocycles. The number of para-hydroxylation sites is 1. The molecule has 0 aliphatic rings. The lowest BCUT2D eigenvalue weighted by molar-refractivity contribution is -0.254. The van der Waals surface area contributed by atoms with Crippen LogP contribution >= 0.6 is 0 Å². The summed E-state index contributed by atoms with van der Waals surface area (Å²) in [6.07, 6.45) is 0. The fraction of sp³-hybridized carbons (Fsp3) is 0.0714. The zero-order valence-corrected chi connectivity index (χ0v) is 11.5. The summed E-state index contributed by atoms with van der Waals surface area (Å²) in [5.74, 6) is -1.42. The molecule has 0 spiro atoms. The van der Waals surface area contributed by atoms with Crippen LogP contribution in [0.25, 0.3) is 0 Å². The van der Waals surface area contributed by atoms with Crippen molar-refractivity contribution in [2.75, 3.05) is 11.4 Å². The number of carbonyl (C=O) groups excluding carboxylic acids is 1. The molecule has 2 aromatic carbocycles. The average Bonchev–Trinajstić information content (AvgIpc) is 2.47. The smallest absolute Gasteiger partial charge is 0.264 e. The Balaban J connectivity index is 2.52. The summed E-state index contributed by atoms with van der Waals surface area (Å²) in [5.41, 5.74) is -0.106. The minimum Gasteiger partial charge on any atom is -0.545 e. The minimum atomic E-state index is -3.81. The Morgan fingerprint density at radius 1 is 1.00 bits per heavy atom. The first-order valence-electron chi connectivity index (χ1n) is 5.79. The predicted octanol–water partition coefficient (Wildman–Crippen LogP) is 0.875. The Morgan fingerprint density at radius 3 is 2.15 bits per heavy atom. The van der Waals surface area contributed by atoms with Gasteiger partial charge in [0.25, 0.3) is 10.0 Å². The van der Waals surface area contributed by atoms with Gasteiger partial charge < -0.3 is 9.90 Å². The van der Waals surface area contributed by atoms with E-state index in [1.54, 1.807) is 24.3 Å². The monoisotopic (exact) mass is 290 g/mol. The van der Waals surface area contributed by atoms with E-state index in [2.05, 4.69) is 0 Å². The second-order valence-electron chi connectivity index (χ2n) is 4.09. The van der Waals surface area contributed by atoms with Gasteiger partial charge in [0.05, 0.1) is 16.6 Å². The molecule has 5 nitrogen and oxygen atoms in total. The Bertz CT molecular complexity index is 726. The molecular weight excluding hydrogens is 278 g/mol. The first-order chi connectivity index (χ1) is 9.44. The van der Waals surface area contributed by atoms with E-state index in [9.17, 15) is 18.3 Å². The van der Waals surface area contributed by atoms with E-state index in [1.165, 1.54) is 37.4 Å². The predicted molar refractivity (Wildman–Crippen MR) is 72.8 cm³/mol. The van der Waals surface area contributed by atoms with Crippen LogP contribution in [0.2, 0.25) is 0 Å². The van der Waals surface area contributed by atoms with E-state index in [-0.39, 0.29) is 16.1 Å². The highest BCUT2D eigenvalue weighted by molar-refractivity contribution is 7.92. The maximum Gasteiger partial charge on any atom is 0.264 e. The fourth-order valence-electron chi connectivity index (χ4n) is 1.80. The van der Waals surface area contributed by atoms with E-state index in [4.69, 9.17) is 0 Å². The van der Waals surface area contributed by atoms with Crippen molar-refractivity contribution in [1.29, 1.82) is 0 Å². The van der Waals surface area contributed by atoms with Gasteiger partial charge in [0.15, 0.2) is 0 Å². The van der Waals surface area contributed by atoms with Crippen molar-refractivity contribution in [3.63, 3.8) is 0 Å². The van der Waals surface area contributed by atoms with Crippen LogP contribution in [0.5, 0.6) is 0 Å². The van der Waals surface area contributed by atoms with Gasteiger partial charge in [0, 0.05) is 12.6 Å². The number of carboxylic acid groups (broad SMARTS) is 1. The van der Waals surface area contributed by atoms with Gasteiger partial charge in [-0.3, -0.25) is 4.31 Å². The lowest BCUT2D eigenvalue weighted by Crippen LogP contribution is -2.31. The highest BCUT2D eigenvalue weighted by Gasteiger charge is 2.22. The molecule has 0 aromatic heterocycles. The molecule has 0 N–H and O–H groups in total. The van der Waals surface area contributed by atoms with Crippen molar-refractivity contribution < 1.29 is 18.3 Å². The summed E-state index contributed by atoms with van der Waals surface area (Å²) in [6, 6.07) is 13.6. The molecular formula is C14H12NO4S-. The molecule has 0 radical (unpaired) electrons. The van der Waals surface area contributed by atoms with Crippen molar-refractivity contribution in [2.45, 2.75) is 4.90 Å². The van der Waals surface area contributed by atoms with E-state index in [0.717, 1.165) is 4.31 Å². The molecule has 0 amide bonds. The quantitative estimate of drug-likeness (QED) is 0.837. The Labute approximate surface area is 117 Å². The van der Waals surface area contributed by atoms with Gasteiger partial charge in [-0.25, -0.2) is 8.42 Å². The number of hydrogen-bond acceptors (Lipinski definition) is 4. The second kappa shape index (κ2) is 5.34. The van der Waals surface area contributed by atoms with E-state index < -0.39 is 16.0 Å². The van der Waals surface area contributed by atoms with Gasteiger partial charge in [-0.05, 0) is 18.2 Å².